The molecule has 2 aromatic rings. The quantitative estimate of drug-likeness (QED) is 0.768. The van der Waals surface area contributed by atoms with Gasteiger partial charge in [0.2, 0.25) is 0 Å². The van der Waals surface area contributed by atoms with E-state index in [0.29, 0.717) is 25.3 Å². The maximum Gasteiger partial charge on any atom is 0.490 e. The molecule has 3 heterocycles. The number of aliphatic carboxylic acids is 1. The molecule has 2 aromatic heterocycles. The summed E-state index contributed by atoms with van der Waals surface area (Å²) < 4.78 is 39.6. The summed E-state index contributed by atoms with van der Waals surface area (Å²) in [6.45, 7) is 5.32. The summed E-state index contributed by atoms with van der Waals surface area (Å²) in [7, 11) is 0. The number of amides is 1. The van der Waals surface area contributed by atoms with Gasteiger partial charge in [0.1, 0.15) is 0 Å². The number of nitrogens with zero attached hydrogens (tertiary/aromatic N) is 4. The van der Waals surface area contributed by atoms with Crippen LogP contribution in [0.15, 0.2) is 24.7 Å². The van der Waals surface area contributed by atoms with E-state index in [0.717, 1.165) is 36.2 Å². The number of carbonyl (C=O) groups is 2. The number of pyridine rings is 1. The zero-order valence-corrected chi connectivity index (χ0v) is 16.9. The third-order valence-corrected chi connectivity index (χ3v) is 4.96. The Balaban J connectivity index is 0.000000339. The molecule has 0 atom stereocenters. The number of imidazole rings is 1. The molecule has 168 valence electrons. The van der Waals surface area contributed by atoms with Crippen molar-refractivity contribution in [3.8, 4) is 0 Å². The number of aryl methyl sites for hydroxylation is 1. The summed E-state index contributed by atoms with van der Waals surface area (Å²) in [6, 6.07) is 3.72. The molecule has 1 amide bonds. The topological polar surface area (TPSA) is 97.5 Å². The minimum atomic E-state index is -5.08. The Hall–Kier alpha value is -2.95. The van der Waals surface area contributed by atoms with Crippen LogP contribution in [0.1, 0.15) is 40.3 Å². The third-order valence-electron chi connectivity index (χ3n) is 4.96. The van der Waals surface area contributed by atoms with Crippen molar-refractivity contribution < 1.29 is 32.6 Å². The fourth-order valence-corrected chi connectivity index (χ4v) is 2.99. The van der Waals surface area contributed by atoms with E-state index >= 15 is 0 Å². The van der Waals surface area contributed by atoms with Crippen molar-refractivity contribution in [1.82, 2.24) is 19.4 Å². The zero-order chi connectivity index (χ0) is 22.6. The van der Waals surface area contributed by atoms with Gasteiger partial charge < -0.3 is 19.3 Å². The van der Waals surface area contributed by atoms with Crippen LogP contribution in [-0.4, -0.2) is 55.7 Å². The SMILES string of the molecule is Cc1ccc(C(=O)N2CCn3cnc(COCC4CC4)c3C2)cn1.O=C(O)C(F)(F)F. The molecule has 1 N–H and O–H groups in total. The zero-order valence-electron chi connectivity index (χ0n) is 16.9. The van der Waals surface area contributed by atoms with Crippen molar-refractivity contribution in [3.05, 3.63) is 47.3 Å². The van der Waals surface area contributed by atoms with E-state index in [2.05, 4.69) is 14.5 Å². The summed E-state index contributed by atoms with van der Waals surface area (Å²) in [6.07, 6.45) is 1.01. The minimum absolute atomic E-state index is 0.0276. The lowest BCUT2D eigenvalue weighted by atomic mass is 10.2. The first-order valence-corrected chi connectivity index (χ1v) is 9.78. The molecule has 11 heteroatoms. The standard InChI is InChI=1S/C18H22N4O2.C2HF3O2/c1-13-2-5-15(8-19-13)18(23)21-6-7-22-12-20-16(17(22)9-21)11-24-10-14-3-4-14;3-2(4,5)1(6)7/h2,5,8,12,14H,3-4,6-7,9-11H2,1H3;(H,6,7). The number of fused-ring (bicyclic) bond motifs is 1. The lowest BCUT2D eigenvalue weighted by Crippen LogP contribution is -2.38. The number of alkyl halides is 3. The molecule has 2 aliphatic rings. The van der Waals surface area contributed by atoms with Gasteiger partial charge in [0.15, 0.2) is 0 Å². The molecule has 0 radical (unpaired) electrons. The highest BCUT2D eigenvalue weighted by atomic mass is 19.4. The second kappa shape index (κ2) is 9.46. The van der Waals surface area contributed by atoms with Crippen LogP contribution in [-0.2, 0) is 29.2 Å². The van der Waals surface area contributed by atoms with Crippen molar-refractivity contribution in [2.75, 3.05) is 13.2 Å². The molecular weight excluding hydrogens is 417 g/mol. The summed E-state index contributed by atoms with van der Waals surface area (Å²) in [5.41, 5.74) is 3.60. The molecule has 1 saturated carbocycles. The summed E-state index contributed by atoms with van der Waals surface area (Å²) in [4.78, 5) is 32.2. The van der Waals surface area contributed by atoms with Gasteiger partial charge in [-0.3, -0.25) is 9.78 Å². The number of hydrogen-bond donors (Lipinski definition) is 1. The molecule has 0 unspecified atom stereocenters. The van der Waals surface area contributed by atoms with Crippen molar-refractivity contribution in [1.29, 1.82) is 0 Å². The Kier molecular flexibility index (Phi) is 6.94. The lowest BCUT2D eigenvalue weighted by molar-refractivity contribution is -0.192. The van der Waals surface area contributed by atoms with E-state index in [1.807, 2.05) is 30.3 Å². The molecule has 1 aliphatic heterocycles. The first-order valence-electron chi connectivity index (χ1n) is 9.78. The fourth-order valence-electron chi connectivity index (χ4n) is 2.99. The Morgan fingerprint density at radius 1 is 1.23 bits per heavy atom. The molecular formula is C20H23F3N4O4. The average molecular weight is 440 g/mol. The van der Waals surface area contributed by atoms with Crippen LogP contribution in [0.2, 0.25) is 0 Å². The molecule has 1 aliphatic carbocycles. The Morgan fingerprint density at radius 2 is 1.94 bits per heavy atom. The van der Waals surface area contributed by atoms with E-state index < -0.39 is 12.1 Å². The van der Waals surface area contributed by atoms with Gasteiger partial charge in [-0.25, -0.2) is 9.78 Å². The highest BCUT2D eigenvalue weighted by molar-refractivity contribution is 5.93. The van der Waals surface area contributed by atoms with Crippen molar-refractivity contribution >= 4 is 11.9 Å². The maximum atomic E-state index is 12.7. The molecule has 4 rings (SSSR count). The molecule has 0 saturated heterocycles. The van der Waals surface area contributed by atoms with E-state index in [1.165, 1.54) is 12.8 Å². The smallest absolute Gasteiger partial charge is 0.475 e. The summed E-state index contributed by atoms with van der Waals surface area (Å²) in [5.74, 6) is -1.98. The third kappa shape index (κ3) is 6.27. The molecule has 0 spiro atoms. The number of halogens is 3. The van der Waals surface area contributed by atoms with Crippen LogP contribution in [0, 0.1) is 12.8 Å². The van der Waals surface area contributed by atoms with Crippen LogP contribution < -0.4 is 0 Å². The lowest BCUT2D eigenvalue weighted by Gasteiger charge is -2.28. The van der Waals surface area contributed by atoms with Crippen LogP contribution in [0.4, 0.5) is 13.2 Å². The van der Waals surface area contributed by atoms with Crippen LogP contribution in [0.3, 0.4) is 0 Å². The Labute approximate surface area is 176 Å². The van der Waals surface area contributed by atoms with Gasteiger partial charge in [-0.05, 0) is 37.8 Å². The van der Waals surface area contributed by atoms with E-state index in [-0.39, 0.29) is 5.91 Å². The number of hydrogen-bond acceptors (Lipinski definition) is 5. The average Bonchev–Trinajstić information content (AvgIpc) is 3.46. The van der Waals surface area contributed by atoms with Gasteiger partial charge in [-0.1, -0.05) is 0 Å². The largest absolute Gasteiger partial charge is 0.490 e. The fraction of sp³-hybridized carbons (Fsp3) is 0.500. The maximum absolute atomic E-state index is 12.7. The molecule has 1 fully saturated rings. The molecule has 0 aromatic carbocycles. The molecule has 0 bridgehead atoms. The van der Waals surface area contributed by atoms with Crippen molar-refractivity contribution in [2.24, 2.45) is 5.92 Å². The Morgan fingerprint density at radius 3 is 2.52 bits per heavy atom. The number of ether oxygens (including phenoxy) is 1. The number of rotatable bonds is 5. The van der Waals surface area contributed by atoms with E-state index in [9.17, 15) is 18.0 Å². The van der Waals surface area contributed by atoms with Crippen LogP contribution >= 0.6 is 0 Å². The predicted molar refractivity (Wildman–Crippen MR) is 102 cm³/mol. The van der Waals surface area contributed by atoms with Gasteiger partial charge >= 0.3 is 12.1 Å². The first-order chi connectivity index (χ1) is 14.6. The van der Waals surface area contributed by atoms with Crippen LogP contribution in [0.25, 0.3) is 0 Å². The Bertz CT molecular complexity index is 923. The van der Waals surface area contributed by atoms with Gasteiger partial charge in [0.05, 0.1) is 36.4 Å². The molecule has 8 nitrogen and oxygen atoms in total. The first kappa shape index (κ1) is 22.7. The van der Waals surface area contributed by atoms with Crippen molar-refractivity contribution in [2.45, 2.75) is 45.6 Å². The highest BCUT2D eigenvalue weighted by Crippen LogP contribution is 2.29. The number of carboxylic acids is 1. The van der Waals surface area contributed by atoms with Crippen LogP contribution in [0.5, 0.6) is 0 Å². The summed E-state index contributed by atoms with van der Waals surface area (Å²) >= 11 is 0. The summed E-state index contributed by atoms with van der Waals surface area (Å²) in [5, 5.41) is 7.12. The normalized spacial score (nSPS) is 15.7. The van der Waals surface area contributed by atoms with Gasteiger partial charge in [-0.2, -0.15) is 13.2 Å². The van der Waals surface area contributed by atoms with Gasteiger partial charge in [-0.15, -0.1) is 0 Å². The van der Waals surface area contributed by atoms with Gasteiger partial charge in [0.25, 0.3) is 5.91 Å². The second-order valence-electron chi connectivity index (χ2n) is 7.51. The van der Waals surface area contributed by atoms with Crippen molar-refractivity contribution in [3.63, 3.8) is 0 Å². The second-order valence-corrected chi connectivity index (χ2v) is 7.51. The molecule has 31 heavy (non-hydrogen) atoms. The number of aromatic nitrogens is 3. The predicted octanol–water partition coefficient (Wildman–Crippen LogP) is 2.80. The van der Waals surface area contributed by atoms with E-state index in [1.54, 1.807) is 6.20 Å². The monoisotopic (exact) mass is 440 g/mol. The minimum Gasteiger partial charge on any atom is -0.475 e. The highest BCUT2D eigenvalue weighted by Gasteiger charge is 2.38. The number of carboxylic acid groups (broad SMARTS) is 1. The van der Waals surface area contributed by atoms with Gasteiger partial charge in [0, 0.05) is 31.6 Å². The number of carbonyl (C=O) groups excluding carboxylic acids is 1. The van der Waals surface area contributed by atoms with E-state index in [4.69, 9.17) is 14.6 Å².